The Labute approximate surface area is 154 Å². The van der Waals surface area contributed by atoms with Crippen molar-refractivity contribution in [2.75, 3.05) is 5.32 Å². The number of hydrogen-bond donors (Lipinski definition) is 3. The number of rotatable bonds is 5. The first-order valence-corrected chi connectivity index (χ1v) is 8.13. The molecule has 2 aromatic carbocycles. The molecule has 0 spiro atoms. The van der Waals surface area contributed by atoms with Crippen LogP contribution in [0.5, 0.6) is 5.75 Å². The molecule has 0 fully saturated rings. The molecule has 1 atom stereocenters. The fourth-order valence-electron chi connectivity index (χ4n) is 2.81. The van der Waals surface area contributed by atoms with Crippen LogP contribution in [0, 0.1) is 0 Å². The molecule has 0 saturated carbocycles. The average molecular weight is 373 g/mol. The number of ether oxygens (including phenoxy) is 1. The standard InChI is InChI=1S/C19H17F2N3O3/c1-11-15(17(25)23-13-5-3-2-4-6-13)16(24-19(26)22-11)12-7-9-14(10-8-12)27-18(20)21/h2-10,16,18H,1H3,(H,23,25)(H2,22,24,26). The largest absolute Gasteiger partial charge is 0.435 e. The first-order chi connectivity index (χ1) is 12.9. The van der Waals surface area contributed by atoms with E-state index < -0.39 is 18.7 Å². The van der Waals surface area contributed by atoms with Crippen molar-refractivity contribution in [2.24, 2.45) is 0 Å². The molecule has 6 nitrogen and oxygen atoms in total. The number of para-hydroxylation sites is 1. The average Bonchev–Trinajstić information content (AvgIpc) is 2.62. The van der Waals surface area contributed by atoms with Gasteiger partial charge in [-0.3, -0.25) is 4.79 Å². The van der Waals surface area contributed by atoms with Gasteiger partial charge in [0.15, 0.2) is 0 Å². The predicted octanol–water partition coefficient (Wildman–Crippen LogP) is 3.55. The highest BCUT2D eigenvalue weighted by atomic mass is 19.3. The third-order valence-electron chi connectivity index (χ3n) is 3.98. The molecule has 1 aliphatic rings. The van der Waals surface area contributed by atoms with Crippen LogP contribution in [-0.2, 0) is 4.79 Å². The van der Waals surface area contributed by atoms with Crippen molar-refractivity contribution in [3.05, 3.63) is 71.4 Å². The summed E-state index contributed by atoms with van der Waals surface area (Å²) < 4.78 is 28.9. The van der Waals surface area contributed by atoms with E-state index in [1.165, 1.54) is 24.3 Å². The molecule has 2 aromatic rings. The number of hydrogen-bond acceptors (Lipinski definition) is 3. The van der Waals surface area contributed by atoms with Gasteiger partial charge in [-0.25, -0.2) is 4.79 Å². The van der Waals surface area contributed by atoms with Gasteiger partial charge >= 0.3 is 12.6 Å². The van der Waals surface area contributed by atoms with E-state index in [0.29, 0.717) is 22.5 Å². The highest BCUT2D eigenvalue weighted by molar-refractivity contribution is 6.06. The maximum atomic E-state index is 12.8. The van der Waals surface area contributed by atoms with Crippen LogP contribution in [-0.4, -0.2) is 18.5 Å². The molecule has 0 bridgehead atoms. The molecular weight excluding hydrogens is 356 g/mol. The van der Waals surface area contributed by atoms with Crippen molar-refractivity contribution < 1.29 is 23.1 Å². The lowest BCUT2D eigenvalue weighted by Crippen LogP contribution is -2.45. The Balaban J connectivity index is 1.88. The highest BCUT2D eigenvalue weighted by Crippen LogP contribution is 2.29. The van der Waals surface area contributed by atoms with Crippen LogP contribution in [0.25, 0.3) is 0 Å². The van der Waals surface area contributed by atoms with Crippen molar-refractivity contribution in [3.63, 3.8) is 0 Å². The van der Waals surface area contributed by atoms with E-state index in [0.717, 1.165) is 0 Å². The van der Waals surface area contributed by atoms with Gasteiger partial charge in [0.05, 0.1) is 11.6 Å². The predicted molar refractivity (Wildman–Crippen MR) is 95.3 cm³/mol. The van der Waals surface area contributed by atoms with E-state index >= 15 is 0 Å². The first-order valence-electron chi connectivity index (χ1n) is 8.13. The molecular formula is C19H17F2N3O3. The number of benzene rings is 2. The number of carbonyl (C=O) groups excluding carboxylic acids is 2. The fraction of sp³-hybridized carbons (Fsp3) is 0.158. The molecule has 0 aromatic heterocycles. The molecule has 0 saturated heterocycles. The van der Waals surface area contributed by atoms with Crippen LogP contribution in [0.1, 0.15) is 18.5 Å². The molecule has 1 heterocycles. The minimum atomic E-state index is -2.93. The summed E-state index contributed by atoms with van der Waals surface area (Å²) in [5.41, 5.74) is 1.90. The molecule has 3 N–H and O–H groups in total. The van der Waals surface area contributed by atoms with Crippen molar-refractivity contribution in [2.45, 2.75) is 19.6 Å². The van der Waals surface area contributed by atoms with Crippen LogP contribution < -0.4 is 20.7 Å². The monoisotopic (exact) mass is 373 g/mol. The number of amides is 3. The summed E-state index contributed by atoms with van der Waals surface area (Å²) in [5.74, 6) is -0.394. The number of alkyl halides is 2. The molecule has 0 aliphatic carbocycles. The van der Waals surface area contributed by atoms with Crippen LogP contribution >= 0.6 is 0 Å². The number of anilines is 1. The maximum absolute atomic E-state index is 12.8. The van der Waals surface area contributed by atoms with Crippen LogP contribution in [0.2, 0.25) is 0 Å². The van der Waals surface area contributed by atoms with Gasteiger partial charge in [-0.1, -0.05) is 30.3 Å². The lowest BCUT2D eigenvalue weighted by atomic mass is 9.94. The van der Waals surface area contributed by atoms with Crippen LogP contribution in [0.3, 0.4) is 0 Å². The van der Waals surface area contributed by atoms with Gasteiger partial charge in [0.1, 0.15) is 5.75 Å². The van der Waals surface area contributed by atoms with Gasteiger partial charge in [-0.2, -0.15) is 8.78 Å². The van der Waals surface area contributed by atoms with Crippen molar-refractivity contribution in [1.82, 2.24) is 10.6 Å². The molecule has 3 amide bonds. The summed E-state index contributed by atoms with van der Waals surface area (Å²) in [6.45, 7) is -1.30. The summed E-state index contributed by atoms with van der Waals surface area (Å²) in [6.07, 6.45) is 0. The van der Waals surface area contributed by atoms with Crippen LogP contribution in [0.15, 0.2) is 65.9 Å². The zero-order valence-corrected chi connectivity index (χ0v) is 14.3. The molecule has 1 unspecified atom stereocenters. The van der Waals surface area contributed by atoms with Gasteiger partial charge in [-0.05, 0) is 36.8 Å². The Bertz CT molecular complexity index is 868. The van der Waals surface area contributed by atoms with E-state index in [4.69, 9.17) is 0 Å². The second-order valence-corrected chi connectivity index (χ2v) is 5.84. The summed E-state index contributed by atoms with van der Waals surface area (Å²) in [5, 5.41) is 8.04. The second kappa shape index (κ2) is 7.86. The van der Waals surface area contributed by atoms with Gasteiger partial charge in [0.25, 0.3) is 5.91 Å². The maximum Gasteiger partial charge on any atom is 0.387 e. The van der Waals surface area contributed by atoms with Crippen molar-refractivity contribution in [1.29, 1.82) is 0 Å². The lowest BCUT2D eigenvalue weighted by molar-refractivity contribution is -0.113. The highest BCUT2D eigenvalue weighted by Gasteiger charge is 2.31. The molecule has 140 valence electrons. The molecule has 27 heavy (non-hydrogen) atoms. The molecule has 8 heteroatoms. The number of carbonyl (C=O) groups is 2. The van der Waals surface area contributed by atoms with Crippen molar-refractivity contribution in [3.8, 4) is 5.75 Å². The topological polar surface area (TPSA) is 79.5 Å². The minimum Gasteiger partial charge on any atom is -0.435 e. The summed E-state index contributed by atoms with van der Waals surface area (Å²) in [7, 11) is 0. The number of allylic oxidation sites excluding steroid dienone is 1. The Morgan fingerprint density at radius 3 is 2.41 bits per heavy atom. The zero-order chi connectivity index (χ0) is 19.4. The van der Waals surface area contributed by atoms with E-state index in [1.54, 1.807) is 31.2 Å². The number of halogens is 2. The van der Waals surface area contributed by atoms with E-state index in [2.05, 4.69) is 20.7 Å². The summed E-state index contributed by atoms with van der Waals surface area (Å²) in [6, 6.07) is 13.5. The van der Waals surface area contributed by atoms with E-state index in [-0.39, 0.29) is 11.7 Å². The summed E-state index contributed by atoms with van der Waals surface area (Å²) >= 11 is 0. The lowest BCUT2D eigenvalue weighted by Gasteiger charge is -2.28. The normalized spacial score (nSPS) is 16.6. The van der Waals surface area contributed by atoms with Crippen molar-refractivity contribution >= 4 is 17.6 Å². The molecule has 1 aliphatic heterocycles. The van der Waals surface area contributed by atoms with E-state index in [9.17, 15) is 18.4 Å². The van der Waals surface area contributed by atoms with Crippen LogP contribution in [0.4, 0.5) is 19.3 Å². The fourth-order valence-corrected chi connectivity index (χ4v) is 2.81. The smallest absolute Gasteiger partial charge is 0.387 e. The SMILES string of the molecule is CC1=C(C(=O)Nc2ccccc2)C(c2ccc(OC(F)F)cc2)NC(=O)N1. The number of urea groups is 1. The number of nitrogens with one attached hydrogen (secondary N) is 3. The first kappa shape index (κ1) is 18.4. The Morgan fingerprint density at radius 1 is 1.11 bits per heavy atom. The molecule has 3 rings (SSSR count). The minimum absolute atomic E-state index is 0.00926. The van der Waals surface area contributed by atoms with Gasteiger partial charge in [-0.15, -0.1) is 0 Å². The quantitative estimate of drug-likeness (QED) is 0.750. The van der Waals surface area contributed by atoms with E-state index in [1.807, 2.05) is 6.07 Å². The van der Waals surface area contributed by atoms with Gasteiger partial charge in [0.2, 0.25) is 0 Å². The Morgan fingerprint density at radius 2 is 1.78 bits per heavy atom. The summed E-state index contributed by atoms with van der Waals surface area (Å²) in [4.78, 5) is 24.7. The zero-order valence-electron chi connectivity index (χ0n) is 14.3. The van der Waals surface area contributed by atoms with Gasteiger partial charge < -0.3 is 20.7 Å². The third-order valence-corrected chi connectivity index (χ3v) is 3.98. The third kappa shape index (κ3) is 4.41. The Hall–Kier alpha value is -3.42. The Kier molecular flexibility index (Phi) is 5.35. The molecule has 0 radical (unpaired) electrons. The van der Waals surface area contributed by atoms with Gasteiger partial charge in [0, 0.05) is 11.4 Å². The second-order valence-electron chi connectivity index (χ2n) is 5.84.